The van der Waals surface area contributed by atoms with Crippen LogP contribution in [0.3, 0.4) is 0 Å². The van der Waals surface area contributed by atoms with Crippen LogP contribution < -0.4 is 0 Å². The zero-order valence-corrected chi connectivity index (χ0v) is 13.1. The monoisotopic (exact) mass is 332 g/mol. The van der Waals surface area contributed by atoms with Gasteiger partial charge in [0, 0.05) is 36.6 Å². The topological polar surface area (TPSA) is 85.2 Å². The van der Waals surface area contributed by atoms with E-state index in [1.165, 1.54) is 4.90 Å². The van der Waals surface area contributed by atoms with Crippen molar-refractivity contribution in [2.24, 2.45) is 0 Å². The molecule has 0 saturated carbocycles. The lowest BCUT2D eigenvalue weighted by Gasteiger charge is -2.16. The molecule has 0 aromatic carbocycles. The summed E-state index contributed by atoms with van der Waals surface area (Å²) in [5.41, 5.74) is 0. The van der Waals surface area contributed by atoms with Gasteiger partial charge in [-0.05, 0) is 12.8 Å². The van der Waals surface area contributed by atoms with E-state index in [2.05, 4.69) is 14.8 Å². The van der Waals surface area contributed by atoms with Crippen LogP contribution in [0.2, 0.25) is 0 Å². The largest absolute Gasteiger partial charge is 0.334 e. The highest BCUT2D eigenvalue weighted by atomic mass is 35.7. The molecule has 0 radical (unpaired) electrons. The maximum absolute atomic E-state index is 11.9. The first-order chi connectivity index (χ1) is 9.95. The van der Waals surface area contributed by atoms with Gasteiger partial charge in [-0.25, -0.2) is 8.42 Å². The molecule has 116 valence electrons. The molecule has 0 spiro atoms. The highest BCUT2D eigenvalue weighted by molar-refractivity contribution is 8.14. The fourth-order valence-corrected chi connectivity index (χ4v) is 3.97. The Morgan fingerprint density at radius 2 is 2.05 bits per heavy atom. The molecule has 1 atom stereocenters. The molecule has 1 fully saturated rings. The van der Waals surface area contributed by atoms with Crippen molar-refractivity contribution in [2.45, 2.75) is 50.4 Å². The molecule has 0 N–H and O–H groups in total. The Kier molecular flexibility index (Phi) is 3.92. The van der Waals surface area contributed by atoms with Gasteiger partial charge in [-0.3, -0.25) is 4.79 Å². The van der Waals surface area contributed by atoms with Gasteiger partial charge in [-0.1, -0.05) is 6.42 Å². The number of nitrogens with zero attached hydrogens (tertiary/aromatic N) is 4. The third-order valence-corrected chi connectivity index (χ3v) is 5.96. The first-order valence-electron chi connectivity index (χ1n) is 7.07. The molecule has 1 amide bonds. The smallest absolute Gasteiger partial charge is 0.237 e. The summed E-state index contributed by atoms with van der Waals surface area (Å²) in [5, 5.41) is 7.52. The van der Waals surface area contributed by atoms with Crippen LogP contribution in [-0.4, -0.2) is 45.8 Å². The second kappa shape index (κ2) is 5.57. The van der Waals surface area contributed by atoms with Crippen LogP contribution in [0.25, 0.3) is 0 Å². The number of hydrogen-bond acceptors (Lipinski definition) is 5. The summed E-state index contributed by atoms with van der Waals surface area (Å²) >= 11 is 0. The number of hydrogen-bond donors (Lipinski definition) is 0. The number of halogens is 1. The molecule has 3 heterocycles. The van der Waals surface area contributed by atoms with Crippen molar-refractivity contribution >= 4 is 25.6 Å². The first-order valence-corrected chi connectivity index (χ1v) is 9.44. The Balaban J connectivity index is 1.76. The zero-order valence-electron chi connectivity index (χ0n) is 11.5. The third-order valence-electron chi connectivity index (χ3n) is 4.10. The third kappa shape index (κ3) is 3.06. The lowest BCUT2D eigenvalue weighted by atomic mass is 10.2. The molecule has 0 bridgehead atoms. The second-order valence-corrected chi connectivity index (χ2v) is 8.48. The average molecular weight is 333 g/mol. The molecule has 0 aliphatic carbocycles. The second-order valence-electron chi connectivity index (χ2n) is 5.57. The van der Waals surface area contributed by atoms with E-state index >= 15 is 0 Å². The fraction of sp³-hybridized carbons (Fsp3) is 0.750. The van der Waals surface area contributed by atoms with Crippen LogP contribution in [0.4, 0.5) is 0 Å². The summed E-state index contributed by atoms with van der Waals surface area (Å²) in [5.74, 6) is 1.48. The quantitative estimate of drug-likeness (QED) is 0.760. The van der Waals surface area contributed by atoms with E-state index in [1.807, 2.05) is 0 Å². The molecule has 1 saturated heterocycles. The minimum Gasteiger partial charge on any atom is -0.334 e. The molecule has 2 aliphatic heterocycles. The van der Waals surface area contributed by atoms with Gasteiger partial charge >= 0.3 is 0 Å². The van der Waals surface area contributed by atoms with E-state index in [4.69, 9.17) is 10.7 Å². The van der Waals surface area contributed by atoms with Crippen LogP contribution in [0.15, 0.2) is 0 Å². The van der Waals surface area contributed by atoms with Crippen molar-refractivity contribution in [3.8, 4) is 0 Å². The SMILES string of the molecule is O=C1CC(S(=O)(=O)Cl)CN1Cc1nnc2n1CCCCC2. The standard InChI is InChI=1S/C12H17ClN4O3S/c13-21(19,20)9-6-12(18)16(7-9)8-11-15-14-10-4-2-1-3-5-17(10)11/h9H,1-8H2. The van der Waals surface area contributed by atoms with Crippen molar-refractivity contribution in [3.05, 3.63) is 11.6 Å². The molecule has 1 aromatic heterocycles. The molecule has 1 aromatic rings. The molecule has 1 unspecified atom stereocenters. The maximum Gasteiger partial charge on any atom is 0.237 e. The minimum absolute atomic E-state index is 0.0488. The number of rotatable bonds is 3. The summed E-state index contributed by atoms with van der Waals surface area (Å²) < 4.78 is 24.8. The van der Waals surface area contributed by atoms with Crippen LogP contribution in [0.5, 0.6) is 0 Å². The molecular formula is C12H17ClN4O3S. The molecule has 21 heavy (non-hydrogen) atoms. The van der Waals surface area contributed by atoms with Crippen LogP contribution in [0, 0.1) is 0 Å². The van der Waals surface area contributed by atoms with Gasteiger partial charge in [-0.15, -0.1) is 10.2 Å². The van der Waals surface area contributed by atoms with Gasteiger partial charge in [0.05, 0.1) is 6.54 Å². The maximum atomic E-state index is 11.9. The predicted molar refractivity (Wildman–Crippen MR) is 76.2 cm³/mol. The Hall–Kier alpha value is -1.15. The number of aromatic nitrogens is 3. The molecule has 7 nitrogen and oxygen atoms in total. The Labute approximate surface area is 127 Å². The summed E-state index contributed by atoms with van der Waals surface area (Å²) in [6.45, 7) is 1.29. The minimum atomic E-state index is -3.70. The van der Waals surface area contributed by atoms with Gasteiger partial charge in [-0.2, -0.15) is 0 Å². The normalized spacial score (nSPS) is 23.2. The van der Waals surface area contributed by atoms with Crippen molar-refractivity contribution in [1.82, 2.24) is 19.7 Å². The highest BCUT2D eigenvalue weighted by Crippen LogP contribution is 2.23. The summed E-state index contributed by atoms with van der Waals surface area (Å²) in [6.07, 6.45) is 4.20. The van der Waals surface area contributed by atoms with Crippen LogP contribution in [0.1, 0.15) is 37.3 Å². The van der Waals surface area contributed by atoms with Crippen molar-refractivity contribution in [1.29, 1.82) is 0 Å². The number of carbonyl (C=O) groups excluding carboxylic acids is 1. The summed E-state index contributed by atoms with van der Waals surface area (Å²) in [4.78, 5) is 13.4. The van der Waals surface area contributed by atoms with E-state index in [-0.39, 0.29) is 18.9 Å². The Morgan fingerprint density at radius 1 is 1.24 bits per heavy atom. The van der Waals surface area contributed by atoms with Crippen molar-refractivity contribution in [3.63, 3.8) is 0 Å². The number of carbonyl (C=O) groups is 1. The van der Waals surface area contributed by atoms with Crippen LogP contribution in [-0.2, 0) is 33.4 Å². The first kappa shape index (κ1) is 14.8. The van der Waals surface area contributed by atoms with Gasteiger partial charge in [0.1, 0.15) is 11.1 Å². The highest BCUT2D eigenvalue weighted by Gasteiger charge is 2.37. The lowest BCUT2D eigenvalue weighted by Crippen LogP contribution is -2.28. The summed E-state index contributed by atoms with van der Waals surface area (Å²) in [6, 6.07) is 0. The predicted octanol–water partition coefficient (Wildman–Crippen LogP) is 0.674. The van der Waals surface area contributed by atoms with Gasteiger partial charge < -0.3 is 9.47 Å². The number of likely N-dealkylation sites (tertiary alicyclic amines) is 1. The molecule has 2 aliphatic rings. The van der Waals surface area contributed by atoms with E-state index in [1.54, 1.807) is 0 Å². The van der Waals surface area contributed by atoms with Gasteiger partial charge in [0.15, 0.2) is 5.82 Å². The number of fused-ring (bicyclic) bond motifs is 1. The van der Waals surface area contributed by atoms with Crippen molar-refractivity contribution < 1.29 is 13.2 Å². The van der Waals surface area contributed by atoms with Gasteiger partial charge in [0.25, 0.3) is 0 Å². The Morgan fingerprint density at radius 3 is 2.76 bits per heavy atom. The van der Waals surface area contributed by atoms with E-state index in [9.17, 15) is 13.2 Å². The van der Waals surface area contributed by atoms with Gasteiger partial charge in [0.2, 0.25) is 15.0 Å². The van der Waals surface area contributed by atoms with E-state index in [0.717, 1.165) is 43.9 Å². The van der Waals surface area contributed by atoms with Crippen molar-refractivity contribution in [2.75, 3.05) is 6.54 Å². The molecule has 3 rings (SSSR count). The van der Waals surface area contributed by atoms with E-state index < -0.39 is 14.3 Å². The molecule has 9 heteroatoms. The number of amides is 1. The van der Waals surface area contributed by atoms with E-state index in [0.29, 0.717) is 6.54 Å². The Bertz CT molecular complexity index is 657. The molecular weight excluding hydrogens is 316 g/mol. The lowest BCUT2D eigenvalue weighted by molar-refractivity contribution is -0.128. The summed E-state index contributed by atoms with van der Waals surface area (Å²) in [7, 11) is 1.65. The number of aryl methyl sites for hydroxylation is 1. The van der Waals surface area contributed by atoms with Crippen LogP contribution >= 0.6 is 10.7 Å². The fourth-order valence-electron chi connectivity index (χ4n) is 2.91. The zero-order chi connectivity index (χ0) is 15.0. The average Bonchev–Trinajstić information content (AvgIpc) is 2.87.